The highest BCUT2D eigenvalue weighted by molar-refractivity contribution is 14.1. The van der Waals surface area contributed by atoms with Gasteiger partial charge in [0.1, 0.15) is 0 Å². The number of alkyl halides is 10. The summed E-state index contributed by atoms with van der Waals surface area (Å²) < 4.78 is 112. The summed E-state index contributed by atoms with van der Waals surface area (Å²) >= 11 is 1.09. The third kappa shape index (κ3) is 4.67. The zero-order valence-electron chi connectivity index (χ0n) is 9.32. The molecule has 0 aromatic carbocycles. The van der Waals surface area contributed by atoms with E-state index in [9.17, 15) is 39.5 Å². The highest BCUT2D eigenvalue weighted by atomic mass is 127. The van der Waals surface area contributed by atoms with E-state index in [0.29, 0.717) is 0 Å². The zero-order chi connectivity index (χ0) is 15.5. The summed E-state index contributed by atoms with van der Waals surface area (Å²) in [5, 5.41) is 0. The molecule has 11 heteroatoms. The molecule has 0 N–H and O–H groups in total. The fourth-order valence-corrected chi connectivity index (χ4v) is 1.75. The highest BCUT2D eigenvalue weighted by Gasteiger charge is 2.54. The van der Waals surface area contributed by atoms with Crippen LogP contribution in [0.25, 0.3) is 0 Å². The highest BCUT2D eigenvalue weighted by Crippen LogP contribution is 2.35. The van der Waals surface area contributed by atoms with Gasteiger partial charge in [-0.1, -0.05) is 22.6 Å². The van der Waals surface area contributed by atoms with Crippen LogP contribution >= 0.6 is 22.6 Å². The van der Waals surface area contributed by atoms with Crippen molar-refractivity contribution in [3.63, 3.8) is 0 Å². The lowest BCUT2D eigenvalue weighted by molar-refractivity contribution is -0.116. The van der Waals surface area contributed by atoms with E-state index in [1.807, 2.05) is 0 Å². The second kappa shape index (κ2) is 7.36. The Morgan fingerprint density at radius 1 is 0.737 bits per heavy atom. The van der Waals surface area contributed by atoms with Crippen LogP contribution in [0.5, 0.6) is 0 Å². The lowest BCUT2D eigenvalue weighted by atomic mass is 10.0. The molecule has 0 saturated heterocycles. The first-order valence-electron chi connectivity index (χ1n) is 4.95. The molecule has 0 saturated carbocycles. The second-order valence-corrected chi connectivity index (χ2v) is 9.18. The van der Waals surface area contributed by atoms with Crippen molar-refractivity contribution in [3.8, 4) is 0 Å². The lowest BCUT2D eigenvalue weighted by Gasteiger charge is -2.28. The third-order valence-electron chi connectivity index (χ3n) is 2.33. The first kappa shape index (κ1) is 19.3. The molecule has 0 aromatic rings. The molecular weight excluding hydrogens is 422 g/mol. The van der Waals surface area contributed by atoms with Crippen molar-refractivity contribution in [2.45, 2.75) is 46.8 Å². The Morgan fingerprint density at radius 2 is 1.11 bits per heavy atom. The summed E-state index contributed by atoms with van der Waals surface area (Å²) in [6.45, 7) is 0. The zero-order valence-corrected chi connectivity index (χ0v) is 13.5. The Bertz CT molecular complexity index is 277. The largest absolute Gasteiger partial charge is 0.289 e. The Balaban J connectivity index is 4.86. The van der Waals surface area contributed by atoms with E-state index < -0.39 is 46.8 Å². The van der Waals surface area contributed by atoms with Crippen molar-refractivity contribution in [2.75, 3.05) is 0 Å². The van der Waals surface area contributed by atoms with E-state index in [0.717, 1.165) is 22.6 Å². The van der Waals surface area contributed by atoms with Crippen molar-refractivity contribution in [2.24, 2.45) is 0 Å². The van der Waals surface area contributed by atoms with Crippen LogP contribution < -0.4 is 0 Å². The Morgan fingerprint density at radius 3 is 1.42 bits per heavy atom. The molecule has 6 unspecified atom stereocenters. The van der Waals surface area contributed by atoms with Crippen LogP contribution in [0.15, 0.2) is 0 Å². The van der Waals surface area contributed by atoms with Gasteiger partial charge in [-0.15, -0.1) is 0 Å². The summed E-state index contributed by atoms with van der Waals surface area (Å²) in [7, 11) is -0.273. The standard InChI is InChI=1S/C8H10F9ISi/c9-1(2(10)4(12)6(14)15)3(11)5(13)8(16,17)7(18)19/h1-7H,19H3. The molecule has 0 fully saturated rings. The molecule has 0 spiro atoms. The van der Waals surface area contributed by atoms with Gasteiger partial charge in [0.05, 0.1) is 3.55 Å². The number of rotatable bonds is 7. The molecule has 0 aliphatic rings. The van der Waals surface area contributed by atoms with Gasteiger partial charge >= 0.3 is 0 Å². The number of hydrogen-bond acceptors (Lipinski definition) is 0. The molecule has 19 heavy (non-hydrogen) atoms. The summed E-state index contributed by atoms with van der Waals surface area (Å²) in [6.07, 6.45) is -22.6. The van der Waals surface area contributed by atoms with E-state index in [-0.39, 0.29) is 10.2 Å². The summed E-state index contributed by atoms with van der Waals surface area (Å²) in [5.41, 5.74) is 0. The summed E-state index contributed by atoms with van der Waals surface area (Å²) in [4.78, 5) is 0. The van der Waals surface area contributed by atoms with Gasteiger partial charge in [0.25, 0.3) is 12.3 Å². The Kier molecular flexibility index (Phi) is 7.48. The van der Waals surface area contributed by atoms with Crippen molar-refractivity contribution in [3.05, 3.63) is 0 Å². The first-order chi connectivity index (χ1) is 8.44. The van der Waals surface area contributed by atoms with Gasteiger partial charge in [-0.25, -0.2) is 39.5 Å². The average molecular weight is 432 g/mol. The van der Waals surface area contributed by atoms with Crippen molar-refractivity contribution in [1.29, 1.82) is 0 Å². The normalized spacial score (nSPS) is 22.9. The molecule has 116 valence electrons. The quantitative estimate of drug-likeness (QED) is 0.251. The van der Waals surface area contributed by atoms with Crippen LogP contribution in [0, 0.1) is 0 Å². The topological polar surface area (TPSA) is 0 Å². The second-order valence-electron chi connectivity index (χ2n) is 3.80. The van der Waals surface area contributed by atoms with Gasteiger partial charge in [-0.3, -0.25) is 0 Å². The number of hydrogen-bond donors (Lipinski definition) is 0. The maximum absolute atomic E-state index is 13.1. The Labute approximate surface area is 119 Å². The maximum Gasteiger partial charge on any atom is 0.289 e. The van der Waals surface area contributed by atoms with Gasteiger partial charge in [-0.2, -0.15) is 0 Å². The molecule has 0 aliphatic heterocycles. The molecule has 0 bridgehead atoms. The minimum atomic E-state index is -4.28. The fraction of sp³-hybridized carbons (Fsp3) is 1.00. The van der Waals surface area contributed by atoms with Gasteiger partial charge in [0, 0.05) is 10.2 Å². The van der Waals surface area contributed by atoms with Gasteiger partial charge < -0.3 is 0 Å². The van der Waals surface area contributed by atoms with Crippen LogP contribution in [0.2, 0.25) is 0 Å². The summed E-state index contributed by atoms with van der Waals surface area (Å²) in [6, 6.07) is 0. The number of halogens is 10. The van der Waals surface area contributed by atoms with Crippen molar-refractivity contribution < 1.29 is 39.5 Å². The van der Waals surface area contributed by atoms with Crippen LogP contribution in [-0.4, -0.2) is 57.0 Å². The van der Waals surface area contributed by atoms with Crippen LogP contribution in [-0.2, 0) is 0 Å². The predicted octanol–water partition coefficient (Wildman–Crippen LogP) is 2.70. The molecule has 0 rings (SSSR count). The van der Waals surface area contributed by atoms with Gasteiger partial charge in [0.15, 0.2) is 30.9 Å². The monoisotopic (exact) mass is 432 g/mol. The van der Waals surface area contributed by atoms with E-state index in [1.54, 1.807) is 0 Å². The van der Waals surface area contributed by atoms with E-state index in [2.05, 4.69) is 0 Å². The molecule has 0 aromatic heterocycles. The van der Waals surface area contributed by atoms with Crippen LogP contribution in [0.3, 0.4) is 0 Å². The van der Waals surface area contributed by atoms with Crippen molar-refractivity contribution >= 4 is 32.8 Å². The maximum atomic E-state index is 13.1. The molecule has 0 aliphatic carbocycles. The minimum absolute atomic E-state index is 0.273. The molecule has 0 amide bonds. The minimum Gasteiger partial charge on any atom is -0.241 e. The average Bonchev–Trinajstić information content (AvgIpc) is 2.33. The predicted molar refractivity (Wildman–Crippen MR) is 63.2 cm³/mol. The smallest absolute Gasteiger partial charge is 0.241 e. The molecular formula is C8H10F9ISi. The van der Waals surface area contributed by atoms with Crippen LogP contribution in [0.1, 0.15) is 0 Å². The van der Waals surface area contributed by atoms with E-state index in [1.165, 1.54) is 0 Å². The fourth-order valence-electron chi connectivity index (χ4n) is 1.08. The first-order valence-corrected chi connectivity index (χ1v) is 7.35. The summed E-state index contributed by atoms with van der Waals surface area (Å²) in [5.74, 6) is -4.28. The van der Waals surface area contributed by atoms with Crippen LogP contribution in [0.4, 0.5) is 39.5 Å². The van der Waals surface area contributed by atoms with Gasteiger partial charge in [0.2, 0.25) is 0 Å². The molecule has 0 heterocycles. The van der Waals surface area contributed by atoms with Crippen molar-refractivity contribution in [1.82, 2.24) is 0 Å². The van der Waals surface area contributed by atoms with E-state index in [4.69, 9.17) is 0 Å². The molecule has 6 atom stereocenters. The molecule has 0 nitrogen and oxygen atoms in total. The van der Waals surface area contributed by atoms with E-state index >= 15 is 0 Å². The lowest BCUT2D eigenvalue weighted by Crippen LogP contribution is -2.51. The SMILES string of the molecule is FC(F)C(F)C(F)C(F)C(F)C(F)C(F)(F)C([SiH3])I. The van der Waals surface area contributed by atoms with Gasteiger partial charge in [-0.05, 0) is 0 Å². The molecule has 0 radical (unpaired) electrons. The Hall–Kier alpha value is 0.317. The third-order valence-corrected chi connectivity index (χ3v) is 3.93.